The molecule has 17 heavy (non-hydrogen) atoms. The van der Waals surface area contributed by atoms with E-state index >= 15 is 0 Å². The molecule has 3 aliphatic heterocycles. The van der Waals surface area contributed by atoms with Crippen LogP contribution in [0, 0.1) is 11.8 Å². The largest absolute Gasteiger partial charge is 0.390 e. The summed E-state index contributed by atoms with van der Waals surface area (Å²) in [5.41, 5.74) is -0.433. The van der Waals surface area contributed by atoms with E-state index in [4.69, 9.17) is 0 Å². The molecule has 2 N–H and O–H groups in total. The van der Waals surface area contributed by atoms with Crippen molar-refractivity contribution in [1.82, 2.24) is 10.2 Å². The molecule has 3 nitrogen and oxygen atoms in total. The fraction of sp³-hybridized carbons (Fsp3) is 1.00. The number of likely N-dealkylation sites (tertiary alicyclic amines) is 1. The van der Waals surface area contributed by atoms with Crippen LogP contribution in [0.15, 0.2) is 0 Å². The van der Waals surface area contributed by atoms with Crippen molar-refractivity contribution in [3.8, 4) is 0 Å². The second-order valence-electron chi connectivity index (χ2n) is 6.78. The van der Waals surface area contributed by atoms with Gasteiger partial charge in [-0.15, -0.1) is 0 Å². The monoisotopic (exact) mass is 238 g/mol. The summed E-state index contributed by atoms with van der Waals surface area (Å²) in [7, 11) is 2.21. The summed E-state index contributed by atoms with van der Waals surface area (Å²) in [4.78, 5) is 2.42. The highest BCUT2D eigenvalue weighted by Gasteiger charge is 2.50. The molecule has 98 valence electrons. The van der Waals surface area contributed by atoms with Crippen molar-refractivity contribution in [1.29, 1.82) is 0 Å². The summed E-state index contributed by atoms with van der Waals surface area (Å²) < 4.78 is 0. The fourth-order valence-electron chi connectivity index (χ4n) is 4.59. The van der Waals surface area contributed by atoms with Gasteiger partial charge in [-0.25, -0.2) is 0 Å². The number of rotatable bonds is 1. The van der Waals surface area contributed by atoms with Crippen molar-refractivity contribution in [2.75, 3.05) is 20.1 Å². The van der Waals surface area contributed by atoms with E-state index < -0.39 is 5.60 Å². The molecule has 3 saturated heterocycles. The Balaban J connectivity index is 1.75. The van der Waals surface area contributed by atoms with Crippen LogP contribution in [-0.2, 0) is 0 Å². The molecule has 3 heterocycles. The summed E-state index contributed by atoms with van der Waals surface area (Å²) in [5.74, 6) is 1.20. The van der Waals surface area contributed by atoms with Crippen molar-refractivity contribution >= 4 is 0 Å². The average molecular weight is 238 g/mol. The van der Waals surface area contributed by atoms with E-state index in [2.05, 4.69) is 24.2 Å². The highest BCUT2D eigenvalue weighted by molar-refractivity contribution is 5.06. The molecule has 0 aromatic heterocycles. The third kappa shape index (κ3) is 2.13. The average Bonchev–Trinajstić information content (AvgIpc) is 2.63. The Morgan fingerprint density at radius 1 is 1.18 bits per heavy atom. The van der Waals surface area contributed by atoms with Crippen molar-refractivity contribution in [3.63, 3.8) is 0 Å². The molecule has 0 aliphatic carbocycles. The van der Waals surface area contributed by atoms with Gasteiger partial charge in [0.05, 0.1) is 5.60 Å². The lowest BCUT2D eigenvalue weighted by Gasteiger charge is -2.48. The maximum atomic E-state index is 10.8. The van der Waals surface area contributed by atoms with Gasteiger partial charge >= 0.3 is 0 Å². The van der Waals surface area contributed by atoms with Crippen molar-refractivity contribution in [2.45, 2.75) is 56.7 Å². The van der Waals surface area contributed by atoms with E-state index in [9.17, 15) is 5.11 Å². The second-order valence-corrected chi connectivity index (χ2v) is 6.78. The van der Waals surface area contributed by atoms with E-state index in [1.807, 2.05) is 0 Å². The Morgan fingerprint density at radius 3 is 2.59 bits per heavy atom. The first-order chi connectivity index (χ1) is 8.06. The standard InChI is InChI=1S/C14H26N2O/c1-14(17)9-11-3-4-12(15-11)13(14)10-5-7-16(2)8-6-10/h10-13,15,17H,3-9H2,1-2H3. The summed E-state index contributed by atoms with van der Waals surface area (Å²) in [6.07, 6.45) is 6.03. The smallest absolute Gasteiger partial charge is 0.0680 e. The minimum atomic E-state index is -0.433. The zero-order chi connectivity index (χ0) is 12.0. The topological polar surface area (TPSA) is 35.5 Å². The molecule has 3 rings (SSSR count). The third-order valence-corrected chi connectivity index (χ3v) is 5.36. The normalized spacial score (nSPS) is 48.5. The van der Waals surface area contributed by atoms with Crippen LogP contribution in [0.3, 0.4) is 0 Å². The predicted molar refractivity (Wildman–Crippen MR) is 68.9 cm³/mol. The van der Waals surface area contributed by atoms with Gasteiger partial charge in [0.2, 0.25) is 0 Å². The first-order valence-corrected chi connectivity index (χ1v) is 7.23. The number of piperidine rings is 2. The molecule has 0 amide bonds. The Bertz CT molecular complexity index is 284. The van der Waals surface area contributed by atoms with Crippen molar-refractivity contribution in [3.05, 3.63) is 0 Å². The van der Waals surface area contributed by atoms with E-state index in [1.165, 1.54) is 38.8 Å². The molecule has 0 aromatic rings. The Morgan fingerprint density at radius 2 is 1.88 bits per heavy atom. The predicted octanol–water partition coefficient (Wildman–Crippen LogP) is 1.22. The molecule has 0 aromatic carbocycles. The zero-order valence-corrected chi connectivity index (χ0v) is 11.2. The highest BCUT2D eigenvalue weighted by Crippen LogP contribution is 2.44. The molecule has 0 saturated carbocycles. The number of hydrogen-bond donors (Lipinski definition) is 2. The number of aliphatic hydroxyl groups is 1. The maximum Gasteiger partial charge on any atom is 0.0680 e. The lowest BCUT2D eigenvalue weighted by Crippen LogP contribution is -2.58. The van der Waals surface area contributed by atoms with Gasteiger partial charge in [0, 0.05) is 18.0 Å². The Kier molecular flexibility index (Phi) is 2.96. The van der Waals surface area contributed by atoms with E-state index in [-0.39, 0.29) is 0 Å². The van der Waals surface area contributed by atoms with E-state index in [0.717, 1.165) is 12.3 Å². The van der Waals surface area contributed by atoms with E-state index in [0.29, 0.717) is 18.0 Å². The van der Waals surface area contributed by atoms with Crippen LogP contribution in [0.5, 0.6) is 0 Å². The maximum absolute atomic E-state index is 10.8. The van der Waals surface area contributed by atoms with Crippen LogP contribution in [-0.4, -0.2) is 47.8 Å². The molecule has 4 unspecified atom stereocenters. The summed E-state index contributed by atoms with van der Waals surface area (Å²) in [5, 5.41) is 14.5. The molecule has 0 radical (unpaired) electrons. The van der Waals surface area contributed by atoms with Crippen LogP contribution in [0.25, 0.3) is 0 Å². The minimum absolute atomic E-state index is 0.433. The molecular weight excluding hydrogens is 212 g/mol. The van der Waals surface area contributed by atoms with Gasteiger partial charge < -0.3 is 15.3 Å². The molecule has 4 atom stereocenters. The van der Waals surface area contributed by atoms with Crippen molar-refractivity contribution < 1.29 is 5.11 Å². The number of fused-ring (bicyclic) bond motifs is 2. The quantitative estimate of drug-likeness (QED) is 0.721. The first-order valence-electron chi connectivity index (χ1n) is 7.23. The molecule has 3 fully saturated rings. The first kappa shape index (κ1) is 11.9. The molecule has 2 bridgehead atoms. The lowest BCUT2D eigenvalue weighted by molar-refractivity contribution is -0.0774. The second kappa shape index (κ2) is 4.22. The van der Waals surface area contributed by atoms with Gasteiger partial charge in [0.25, 0.3) is 0 Å². The number of nitrogens with zero attached hydrogens (tertiary/aromatic N) is 1. The van der Waals surface area contributed by atoms with Gasteiger partial charge in [-0.05, 0) is 65.1 Å². The summed E-state index contributed by atoms with van der Waals surface area (Å²) >= 11 is 0. The van der Waals surface area contributed by atoms with Crippen LogP contribution in [0.1, 0.15) is 39.0 Å². The van der Waals surface area contributed by atoms with Gasteiger partial charge in [0.1, 0.15) is 0 Å². The summed E-state index contributed by atoms with van der Waals surface area (Å²) in [6, 6.07) is 1.16. The molecule has 3 aliphatic rings. The summed E-state index contributed by atoms with van der Waals surface area (Å²) in [6.45, 7) is 4.49. The number of hydrogen-bond acceptors (Lipinski definition) is 3. The van der Waals surface area contributed by atoms with Gasteiger partial charge in [-0.2, -0.15) is 0 Å². The van der Waals surface area contributed by atoms with Crippen LogP contribution in [0.4, 0.5) is 0 Å². The van der Waals surface area contributed by atoms with Crippen molar-refractivity contribution in [2.24, 2.45) is 11.8 Å². The fourth-order valence-corrected chi connectivity index (χ4v) is 4.59. The highest BCUT2D eigenvalue weighted by atomic mass is 16.3. The van der Waals surface area contributed by atoms with E-state index in [1.54, 1.807) is 0 Å². The molecule has 0 spiro atoms. The van der Waals surface area contributed by atoms with Crippen LogP contribution in [0.2, 0.25) is 0 Å². The van der Waals surface area contributed by atoms with Gasteiger partial charge in [-0.1, -0.05) is 0 Å². The third-order valence-electron chi connectivity index (χ3n) is 5.36. The SMILES string of the molecule is CN1CCC(C2C3CCC(CC2(C)O)N3)CC1. The molecule has 3 heteroatoms. The molecular formula is C14H26N2O. The van der Waals surface area contributed by atoms with Gasteiger partial charge in [0.15, 0.2) is 0 Å². The lowest BCUT2D eigenvalue weighted by atomic mass is 9.68. The Hall–Kier alpha value is -0.120. The van der Waals surface area contributed by atoms with Gasteiger partial charge in [-0.3, -0.25) is 0 Å². The van der Waals surface area contributed by atoms with Crippen LogP contribution >= 0.6 is 0 Å². The Labute approximate surface area is 105 Å². The zero-order valence-electron chi connectivity index (χ0n) is 11.2. The van der Waals surface area contributed by atoms with Crippen LogP contribution < -0.4 is 5.32 Å². The number of nitrogens with one attached hydrogen (secondary N) is 1. The minimum Gasteiger partial charge on any atom is -0.390 e.